The second kappa shape index (κ2) is 3.22. The minimum atomic E-state index is -0.408. The van der Waals surface area contributed by atoms with Crippen LogP contribution in [0.1, 0.15) is 41.3 Å². The number of anilines is 1. The molecule has 0 bridgehead atoms. The topological polar surface area (TPSA) is 68.0 Å². The number of nitrogens with one attached hydrogen (secondary N) is 1. The van der Waals surface area contributed by atoms with Crippen LogP contribution in [0, 0.1) is 6.92 Å². The number of nitrogens with two attached hydrogens (primary N) is 1. The first-order valence-electron chi connectivity index (χ1n) is 5.08. The smallest absolute Gasteiger partial charge is 0.250 e. The van der Waals surface area contributed by atoms with Crippen molar-refractivity contribution in [3.05, 3.63) is 22.9 Å². The molecule has 1 aromatic heterocycles. The van der Waals surface area contributed by atoms with Gasteiger partial charge in [0.1, 0.15) is 5.82 Å². The van der Waals surface area contributed by atoms with Gasteiger partial charge in [-0.25, -0.2) is 4.98 Å². The van der Waals surface area contributed by atoms with Crippen molar-refractivity contribution < 1.29 is 4.79 Å². The number of fused-ring (bicyclic) bond motifs is 1. The van der Waals surface area contributed by atoms with Crippen LogP contribution in [0.4, 0.5) is 5.82 Å². The zero-order valence-corrected chi connectivity index (χ0v) is 9.16. The van der Waals surface area contributed by atoms with E-state index in [1.807, 2.05) is 6.92 Å². The van der Waals surface area contributed by atoms with Crippen molar-refractivity contribution in [2.45, 2.75) is 32.7 Å². The van der Waals surface area contributed by atoms with E-state index in [1.165, 1.54) is 0 Å². The monoisotopic (exact) mass is 205 g/mol. The van der Waals surface area contributed by atoms with Gasteiger partial charge in [-0.15, -0.1) is 0 Å². The first-order valence-corrected chi connectivity index (χ1v) is 5.08. The summed E-state index contributed by atoms with van der Waals surface area (Å²) in [6.07, 6.45) is 1.55. The molecule has 2 rings (SSSR count). The Labute approximate surface area is 88.9 Å². The molecule has 2 heterocycles. The molecular weight excluding hydrogens is 190 g/mol. The summed E-state index contributed by atoms with van der Waals surface area (Å²) < 4.78 is 0. The predicted molar refractivity (Wildman–Crippen MR) is 59.0 cm³/mol. The second-order valence-electron chi connectivity index (χ2n) is 4.15. The normalized spacial score (nSPS) is 23.4. The number of hydrogen-bond donors (Lipinski definition) is 2. The molecular formula is C11H15N3O. The van der Waals surface area contributed by atoms with Gasteiger partial charge in [-0.1, -0.05) is 6.92 Å². The van der Waals surface area contributed by atoms with Crippen molar-refractivity contribution in [3.8, 4) is 0 Å². The Hall–Kier alpha value is -1.58. The molecule has 80 valence electrons. The molecule has 0 spiro atoms. The highest BCUT2D eigenvalue weighted by Gasteiger charge is 2.29. The van der Waals surface area contributed by atoms with Crippen molar-refractivity contribution in [2.24, 2.45) is 5.73 Å². The van der Waals surface area contributed by atoms with Crippen LogP contribution < -0.4 is 11.1 Å². The van der Waals surface area contributed by atoms with E-state index < -0.39 is 5.91 Å². The van der Waals surface area contributed by atoms with E-state index in [0.29, 0.717) is 17.5 Å². The molecule has 0 aliphatic carbocycles. The van der Waals surface area contributed by atoms with Gasteiger partial charge in [0.2, 0.25) is 0 Å². The minimum Gasteiger partial charge on any atom is -0.367 e. The maximum atomic E-state index is 11.2. The highest BCUT2D eigenvalue weighted by molar-refractivity contribution is 5.95. The summed E-state index contributed by atoms with van der Waals surface area (Å²) in [5.74, 6) is 0.846. The highest BCUT2D eigenvalue weighted by atomic mass is 16.1. The van der Waals surface area contributed by atoms with Gasteiger partial charge in [0.15, 0.2) is 0 Å². The van der Waals surface area contributed by atoms with Crippen molar-refractivity contribution in [1.29, 1.82) is 0 Å². The average molecular weight is 205 g/mol. The molecule has 0 radical (unpaired) electrons. The largest absolute Gasteiger partial charge is 0.367 e. The van der Waals surface area contributed by atoms with E-state index in [0.717, 1.165) is 16.9 Å². The molecule has 1 amide bonds. The molecule has 0 saturated carbocycles. The number of rotatable bonds is 1. The lowest BCUT2D eigenvalue weighted by molar-refractivity contribution is 0.0999. The van der Waals surface area contributed by atoms with Gasteiger partial charge in [0.25, 0.3) is 5.91 Å². The molecule has 1 aromatic rings. The van der Waals surface area contributed by atoms with Crippen LogP contribution in [0.15, 0.2) is 6.20 Å². The Morgan fingerprint density at radius 1 is 1.53 bits per heavy atom. The Balaban J connectivity index is 2.59. The molecule has 1 aliphatic rings. The van der Waals surface area contributed by atoms with Gasteiger partial charge in [-0.3, -0.25) is 4.79 Å². The van der Waals surface area contributed by atoms with Crippen molar-refractivity contribution in [3.63, 3.8) is 0 Å². The van der Waals surface area contributed by atoms with Crippen molar-refractivity contribution in [2.75, 3.05) is 5.32 Å². The third kappa shape index (κ3) is 1.37. The van der Waals surface area contributed by atoms with Crippen LogP contribution in [0.25, 0.3) is 0 Å². The maximum Gasteiger partial charge on any atom is 0.250 e. The number of carbonyl (C=O) groups excluding carboxylic acids is 1. The molecule has 3 N–H and O–H groups in total. The van der Waals surface area contributed by atoms with E-state index in [1.54, 1.807) is 6.20 Å². The van der Waals surface area contributed by atoms with E-state index in [2.05, 4.69) is 24.1 Å². The molecule has 0 aromatic carbocycles. The molecule has 4 heteroatoms. The zero-order chi connectivity index (χ0) is 11.2. The van der Waals surface area contributed by atoms with Crippen molar-refractivity contribution >= 4 is 11.7 Å². The summed E-state index contributed by atoms with van der Waals surface area (Å²) in [6.45, 7) is 6.16. The fourth-order valence-electron chi connectivity index (χ4n) is 2.13. The third-order valence-corrected chi connectivity index (χ3v) is 3.22. The van der Waals surface area contributed by atoms with Crippen LogP contribution in [-0.4, -0.2) is 16.9 Å². The number of amides is 1. The third-order valence-electron chi connectivity index (χ3n) is 3.22. The molecule has 2 atom stereocenters. The van der Waals surface area contributed by atoms with Crippen LogP contribution in [-0.2, 0) is 0 Å². The summed E-state index contributed by atoms with van der Waals surface area (Å²) in [6, 6.07) is 0.356. The predicted octanol–water partition coefficient (Wildman–Crippen LogP) is 1.41. The number of aromatic nitrogens is 1. The second-order valence-corrected chi connectivity index (χ2v) is 4.15. The zero-order valence-electron chi connectivity index (χ0n) is 9.16. The van der Waals surface area contributed by atoms with Crippen LogP contribution in [0.2, 0.25) is 0 Å². The lowest BCUT2D eigenvalue weighted by atomic mass is 9.93. The van der Waals surface area contributed by atoms with Gasteiger partial charge in [0, 0.05) is 23.7 Å². The Kier molecular flexibility index (Phi) is 2.14. The maximum absolute atomic E-state index is 11.2. The van der Waals surface area contributed by atoms with E-state index in [-0.39, 0.29) is 0 Å². The van der Waals surface area contributed by atoms with Crippen molar-refractivity contribution in [1.82, 2.24) is 4.98 Å². The summed E-state index contributed by atoms with van der Waals surface area (Å²) >= 11 is 0. The van der Waals surface area contributed by atoms with E-state index in [9.17, 15) is 4.79 Å². The van der Waals surface area contributed by atoms with Gasteiger partial charge < -0.3 is 11.1 Å². The lowest BCUT2D eigenvalue weighted by Crippen LogP contribution is -2.15. The highest BCUT2D eigenvalue weighted by Crippen LogP contribution is 2.37. The summed E-state index contributed by atoms with van der Waals surface area (Å²) in [7, 11) is 0. The van der Waals surface area contributed by atoms with E-state index in [4.69, 9.17) is 5.73 Å². The number of carbonyl (C=O) groups is 1. The summed E-state index contributed by atoms with van der Waals surface area (Å²) in [5.41, 5.74) is 7.89. The number of nitrogens with zero attached hydrogens (tertiary/aromatic N) is 1. The average Bonchev–Trinajstić information content (AvgIpc) is 2.43. The quantitative estimate of drug-likeness (QED) is 0.728. The molecule has 1 aliphatic heterocycles. The fourth-order valence-corrected chi connectivity index (χ4v) is 2.13. The molecule has 0 fully saturated rings. The van der Waals surface area contributed by atoms with Crippen LogP contribution in [0.5, 0.6) is 0 Å². The molecule has 15 heavy (non-hydrogen) atoms. The summed E-state index contributed by atoms with van der Waals surface area (Å²) in [4.78, 5) is 15.4. The number of primary amides is 1. The molecule has 4 nitrogen and oxygen atoms in total. The Morgan fingerprint density at radius 3 is 2.80 bits per heavy atom. The fraction of sp³-hybridized carbons (Fsp3) is 0.455. The lowest BCUT2D eigenvalue weighted by Gasteiger charge is -2.11. The minimum absolute atomic E-state index is 0.356. The molecule has 0 saturated heterocycles. The van der Waals surface area contributed by atoms with E-state index >= 15 is 0 Å². The van der Waals surface area contributed by atoms with Gasteiger partial charge in [0.05, 0.1) is 5.56 Å². The number of pyridine rings is 1. The molecule has 0 unspecified atom stereocenters. The van der Waals surface area contributed by atoms with Gasteiger partial charge >= 0.3 is 0 Å². The van der Waals surface area contributed by atoms with Crippen LogP contribution in [0.3, 0.4) is 0 Å². The first-order chi connectivity index (χ1) is 7.02. The Morgan fingerprint density at radius 2 is 2.20 bits per heavy atom. The Bertz CT molecular complexity index is 428. The summed E-state index contributed by atoms with van der Waals surface area (Å²) in [5, 5.41) is 3.29. The van der Waals surface area contributed by atoms with Crippen LogP contribution >= 0.6 is 0 Å². The SMILES string of the molecule is Cc1c(C(N)=O)cnc2c1[C@@H](C)[C@H](C)N2. The van der Waals surface area contributed by atoms with Gasteiger partial charge in [-0.2, -0.15) is 0 Å². The number of hydrogen-bond acceptors (Lipinski definition) is 3. The van der Waals surface area contributed by atoms with Gasteiger partial charge in [-0.05, 0) is 19.4 Å². The first kappa shape index (κ1) is 9.96. The standard InChI is InChI=1S/C11H15N3O/c1-5-7(3)14-11-9(5)6(2)8(4-13-11)10(12)15/h4-5,7H,1-3H3,(H2,12,15)(H,13,14)/t5-,7-/m0/s1.